The van der Waals surface area contributed by atoms with E-state index in [0.717, 1.165) is 11.1 Å². The number of benzene rings is 2. The largest absolute Gasteiger partial charge is 0.496 e. The van der Waals surface area contributed by atoms with Crippen LogP contribution in [0, 0.1) is 17.0 Å². The van der Waals surface area contributed by atoms with Crippen LogP contribution >= 0.6 is 0 Å². The van der Waals surface area contributed by atoms with Crippen LogP contribution in [0.1, 0.15) is 11.1 Å². The Labute approximate surface area is 180 Å². The zero-order valence-corrected chi connectivity index (χ0v) is 17.7. The third-order valence-corrected chi connectivity index (χ3v) is 5.24. The molecule has 0 saturated carbocycles. The zero-order valence-electron chi connectivity index (χ0n) is 17.7. The maximum Gasteiger partial charge on any atom is 0.296 e. The first-order valence-corrected chi connectivity index (χ1v) is 10.0. The van der Waals surface area contributed by atoms with Crippen molar-refractivity contribution in [2.45, 2.75) is 13.3 Å². The van der Waals surface area contributed by atoms with Crippen LogP contribution in [-0.4, -0.2) is 66.4 Å². The van der Waals surface area contributed by atoms with E-state index in [-0.39, 0.29) is 29.7 Å². The predicted molar refractivity (Wildman–Crippen MR) is 116 cm³/mol. The van der Waals surface area contributed by atoms with E-state index >= 15 is 0 Å². The van der Waals surface area contributed by atoms with Gasteiger partial charge >= 0.3 is 0 Å². The minimum Gasteiger partial charge on any atom is -0.496 e. The molecule has 2 aromatic rings. The molecule has 0 radical (unpaired) electrons. The molecular formula is C22H26N4O5. The van der Waals surface area contributed by atoms with Crippen LogP contribution in [-0.2, 0) is 16.0 Å². The number of ether oxygens (including phenoxy) is 1. The molecule has 1 fully saturated rings. The normalized spacial score (nSPS) is 14.2. The van der Waals surface area contributed by atoms with Gasteiger partial charge in [-0.2, -0.15) is 0 Å². The van der Waals surface area contributed by atoms with Gasteiger partial charge in [-0.05, 0) is 24.6 Å². The summed E-state index contributed by atoms with van der Waals surface area (Å²) in [5.74, 6) is 0.0747. The molecule has 164 valence electrons. The van der Waals surface area contributed by atoms with E-state index in [0.29, 0.717) is 38.3 Å². The number of carbonyl (C=O) groups is 2. The van der Waals surface area contributed by atoms with E-state index in [4.69, 9.17) is 4.74 Å². The summed E-state index contributed by atoms with van der Waals surface area (Å²) in [4.78, 5) is 39.4. The highest BCUT2D eigenvalue weighted by Gasteiger charge is 2.24. The third-order valence-electron chi connectivity index (χ3n) is 5.24. The molecule has 1 heterocycles. The third kappa shape index (κ3) is 6.02. The lowest BCUT2D eigenvalue weighted by molar-refractivity contribution is -0.384. The molecule has 1 N–H and O–H groups in total. The fraction of sp³-hybridized carbons (Fsp3) is 0.364. The second kappa shape index (κ2) is 10.0. The monoisotopic (exact) mass is 426 g/mol. The summed E-state index contributed by atoms with van der Waals surface area (Å²) in [5.41, 5.74) is 2.04. The van der Waals surface area contributed by atoms with Gasteiger partial charge in [0.1, 0.15) is 11.4 Å². The van der Waals surface area contributed by atoms with E-state index in [1.807, 2.05) is 41.0 Å². The Morgan fingerprint density at radius 2 is 1.77 bits per heavy atom. The SMILES string of the molecule is COc1ccc(NC(=O)CN2CCN(C(=O)Cc3ccc(C)cc3)CC2)c([N+](=O)[O-])c1. The minimum atomic E-state index is -0.559. The zero-order chi connectivity index (χ0) is 22.4. The van der Waals surface area contributed by atoms with Crippen molar-refractivity contribution >= 4 is 23.2 Å². The number of methoxy groups -OCH3 is 1. The second-order valence-corrected chi connectivity index (χ2v) is 7.51. The fourth-order valence-electron chi connectivity index (χ4n) is 3.44. The summed E-state index contributed by atoms with van der Waals surface area (Å²) in [5, 5.41) is 13.9. The molecule has 0 bridgehead atoms. The summed E-state index contributed by atoms with van der Waals surface area (Å²) in [6.07, 6.45) is 0.363. The molecule has 0 aromatic heterocycles. The predicted octanol–water partition coefficient (Wildman–Crippen LogP) is 2.24. The van der Waals surface area contributed by atoms with Gasteiger partial charge in [-0.1, -0.05) is 29.8 Å². The average Bonchev–Trinajstić information content (AvgIpc) is 2.76. The lowest BCUT2D eigenvalue weighted by atomic mass is 10.1. The number of nitrogens with one attached hydrogen (secondary N) is 1. The van der Waals surface area contributed by atoms with Gasteiger partial charge in [-0.15, -0.1) is 0 Å². The summed E-state index contributed by atoms with van der Waals surface area (Å²) >= 11 is 0. The molecule has 0 unspecified atom stereocenters. The number of amides is 2. The molecule has 0 atom stereocenters. The number of nitro benzene ring substituents is 1. The number of hydrogen-bond donors (Lipinski definition) is 1. The minimum absolute atomic E-state index is 0.0711. The molecule has 0 spiro atoms. The highest BCUT2D eigenvalue weighted by molar-refractivity contribution is 5.94. The van der Waals surface area contributed by atoms with Gasteiger partial charge in [0.15, 0.2) is 0 Å². The molecule has 9 nitrogen and oxygen atoms in total. The van der Waals surface area contributed by atoms with Crippen molar-refractivity contribution in [3.05, 3.63) is 63.7 Å². The topological polar surface area (TPSA) is 105 Å². The van der Waals surface area contributed by atoms with Crippen molar-refractivity contribution in [2.75, 3.05) is 45.2 Å². The average molecular weight is 426 g/mol. The first kappa shape index (κ1) is 22.2. The molecule has 31 heavy (non-hydrogen) atoms. The smallest absolute Gasteiger partial charge is 0.296 e. The molecule has 3 rings (SSSR count). The van der Waals surface area contributed by atoms with Gasteiger partial charge in [-0.3, -0.25) is 24.6 Å². The molecule has 2 amide bonds. The highest BCUT2D eigenvalue weighted by Crippen LogP contribution is 2.28. The molecule has 2 aromatic carbocycles. The number of rotatable bonds is 7. The first-order valence-electron chi connectivity index (χ1n) is 10.0. The number of carbonyl (C=O) groups excluding carboxylic acids is 2. The van der Waals surface area contributed by atoms with Crippen LogP contribution in [0.4, 0.5) is 11.4 Å². The summed E-state index contributed by atoms with van der Waals surface area (Å²) in [7, 11) is 1.42. The van der Waals surface area contributed by atoms with E-state index in [9.17, 15) is 19.7 Å². The Hall–Kier alpha value is -3.46. The summed E-state index contributed by atoms with van der Waals surface area (Å²) in [6.45, 7) is 4.33. The Balaban J connectivity index is 1.49. The van der Waals surface area contributed by atoms with Crippen LogP contribution in [0.15, 0.2) is 42.5 Å². The maximum absolute atomic E-state index is 12.5. The molecule has 1 saturated heterocycles. The van der Waals surface area contributed by atoms with Gasteiger partial charge in [0.05, 0.1) is 31.1 Å². The van der Waals surface area contributed by atoms with E-state index in [1.54, 1.807) is 6.07 Å². The van der Waals surface area contributed by atoms with Crippen molar-refractivity contribution < 1.29 is 19.2 Å². The Morgan fingerprint density at radius 1 is 1.10 bits per heavy atom. The van der Waals surface area contributed by atoms with Crippen LogP contribution in [0.2, 0.25) is 0 Å². The van der Waals surface area contributed by atoms with E-state index < -0.39 is 4.92 Å². The number of aryl methyl sites for hydroxylation is 1. The Kier molecular flexibility index (Phi) is 7.19. The van der Waals surface area contributed by atoms with Crippen molar-refractivity contribution in [1.82, 2.24) is 9.80 Å². The van der Waals surface area contributed by atoms with Crippen molar-refractivity contribution in [1.29, 1.82) is 0 Å². The van der Waals surface area contributed by atoms with Crippen molar-refractivity contribution in [3.63, 3.8) is 0 Å². The fourth-order valence-corrected chi connectivity index (χ4v) is 3.44. The lowest BCUT2D eigenvalue weighted by Crippen LogP contribution is -2.50. The van der Waals surface area contributed by atoms with Gasteiger partial charge in [0, 0.05) is 26.2 Å². The van der Waals surface area contributed by atoms with Gasteiger partial charge in [0.25, 0.3) is 5.69 Å². The van der Waals surface area contributed by atoms with Crippen LogP contribution < -0.4 is 10.1 Å². The van der Waals surface area contributed by atoms with Gasteiger partial charge < -0.3 is 15.0 Å². The molecular weight excluding hydrogens is 400 g/mol. The number of nitrogens with zero attached hydrogens (tertiary/aromatic N) is 3. The van der Waals surface area contributed by atoms with Crippen LogP contribution in [0.25, 0.3) is 0 Å². The Bertz CT molecular complexity index is 953. The number of piperazine rings is 1. The molecule has 1 aliphatic heterocycles. The number of nitro groups is 1. The lowest BCUT2D eigenvalue weighted by Gasteiger charge is -2.34. The molecule has 0 aliphatic carbocycles. The Morgan fingerprint density at radius 3 is 2.39 bits per heavy atom. The highest BCUT2D eigenvalue weighted by atomic mass is 16.6. The van der Waals surface area contributed by atoms with Crippen LogP contribution in [0.5, 0.6) is 5.75 Å². The summed E-state index contributed by atoms with van der Waals surface area (Å²) < 4.78 is 5.00. The van der Waals surface area contributed by atoms with E-state index in [2.05, 4.69) is 5.32 Å². The van der Waals surface area contributed by atoms with Crippen molar-refractivity contribution in [3.8, 4) is 5.75 Å². The molecule has 9 heteroatoms. The van der Waals surface area contributed by atoms with E-state index in [1.165, 1.54) is 19.2 Å². The first-order chi connectivity index (χ1) is 14.9. The molecule has 1 aliphatic rings. The quantitative estimate of drug-likeness (QED) is 0.538. The second-order valence-electron chi connectivity index (χ2n) is 7.51. The van der Waals surface area contributed by atoms with Gasteiger partial charge in [-0.25, -0.2) is 0 Å². The van der Waals surface area contributed by atoms with Gasteiger partial charge in [0.2, 0.25) is 11.8 Å². The standard InChI is InChI=1S/C22H26N4O5/c1-16-3-5-17(6-4-16)13-22(28)25-11-9-24(10-12-25)15-21(27)23-19-8-7-18(31-2)14-20(19)26(29)30/h3-8,14H,9-13,15H2,1-2H3,(H,23,27). The summed E-state index contributed by atoms with van der Waals surface area (Å²) in [6, 6.07) is 12.2. The maximum atomic E-state index is 12.5. The van der Waals surface area contributed by atoms with Crippen LogP contribution in [0.3, 0.4) is 0 Å². The van der Waals surface area contributed by atoms with Crippen molar-refractivity contribution in [2.24, 2.45) is 0 Å². The number of anilines is 1. The number of hydrogen-bond acceptors (Lipinski definition) is 6.